The average Bonchev–Trinajstić information content (AvgIpc) is 2.18. The largest absolute Gasteiger partial charge is 0.370 e. The van der Waals surface area contributed by atoms with E-state index in [2.05, 4.69) is 10.3 Å². The normalized spacial score (nSPS) is 12.4. The molecule has 1 aromatic heterocycles. The highest BCUT2D eigenvalue weighted by Crippen LogP contribution is 2.08. The zero-order valence-corrected chi connectivity index (χ0v) is 8.23. The molecule has 76 valence electrons. The molecule has 0 spiro atoms. The van der Waals surface area contributed by atoms with E-state index in [1.165, 1.54) is 0 Å². The highest BCUT2D eigenvalue weighted by Gasteiger charge is 2.03. The second-order valence-electron chi connectivity index (χ2n) is 3.18. The van der Waals surface area contributed by atoms with E-state index in [0.29, 0.717) is 13.0 Å². The van der Waals surface area contributed by atoms with Crippen molar-refractivity contribution in [1.82, 2.24) is 10.3 Å². The number of nitrogens with one attached hydrogen (secondary N) is 1. The van der Waals surface area contributed by atoms with Gasteiger partial charge >= 0.3 is 0 Å². The van der Waals surface area contributed by atoms with Crippen molar-refractivity contribution in [2.24, 2.45) is 5.73 Å². The van der Waals surface area contributed by atoms with Gasteiger partial charge in [-0.25, -0.2) is 0 Å². The maximum absolute atomic E-state index is 10.5. The van der Waals surface area contributed by atoms with Crippen molar-refractivity contribution >= 4 is 5.91 Å². The molecule has 4 heteroatoms. The second-order valence-corrected chi connectivity index (χ2v) is 3.18. The summed E-state index contributed by atoms with van der Waals surface area (Å²) in [6.07, 6.45) is 3.91. The summed E-state index contributed by atoms with van der Waals surface area (Å²) < 4.78 is 0. The van der Waals surface area contributed by atoms with Crippen LogP contribution in [0.2, 0.25) is 0 Å². The maximum Gasteiger partial charge on any atom is 0.218 e. The number of amides is 1. The molecule has 0 aliphatic heterocycles. The molecule has 14 heavy (non-hydrogen) atoms. The quantitative estimate of drug-likeness (QED) is 0.719. The number of carbonyl (C=O) groups excluding carboxylic acids is 1. The third-order valence-corrected chi connectivity index (χ3v) is 2.01. The monoisotopic (exact) mass is 193 g/mol. The number of hydrogen-bond donors (Lipinski definition) is 2. The zero-order chi connectivity index (χ0) is 10.4. The summed E-state index contributed by atoms with van der Waals surface area (Å²) in [6, 6.07) is 4.08. The van der Waals surface area contributed by atoms with E-state index in [0.717, 1.165) is 5.56 Å². The van der Waals surface area contributed by atoms with Crippen molar-refractivity contribution in [2.75, 3.05) is 6.54 Å². The number of pyridine rings is 1. The predicted molar refractivity (Wildman–Crippen MR) is 54.5 cm³/mol. The van der Waals surface area contributed by atoms with Gasteiger partial charge in [-0.05, 0) is 18.6 Å². The number of carbonyl (C=O) groups is 1. The minimum absolute atomic E-state index is 0.197. The van der Waals surface area contributed by atoms with Gasteiger partial charge in [0.2, 0.25) is 5.91 Å². The van der Waals surface area contributed by atoms with Gasteiger partial charge in [0, 0.05) is 31.4 Å². The third-order valence-electron chi connectivity index (χ3n) is 2.01. The van der Waals surface area contributed by atoms with Crippen molar-refractivity contribution in [2.45, 2.75) is 19.4 Å². The number of rotatable bonds is 5. The van der Waals surface area contributed by atoms with Crippen molar-refractivity contribution < 1.29 is 4.79 Å². The Bertz CT molecular complexity index is 287. The highest BCUT2D eigenvalue weighted by molar-refractivity contribution is 5.73. The lowest BCUT2D eigenvalue weighted by atomic mass is 10.1. The van der Waals surface area contributed by atoms with Crippen molar-refractivity contribution in [3.63, 3.8) is 0 Å². The summed E-state index contributed by atoms with van der Waals surface area (Å²) >= 11 is 0. The van der Waals surface area contributed by atoms with Gasteiger partial charge in [0.1, 0.15) is 0 Å². The molecule has 3 N–H and O–H groups in total. The Kier molecular flexibility index (Phi) is 4.07. The molecule has 1 rings (SSSR count). The van der Waals surface area contributed by atoms with E-state index in [1.807, 2.05) is 25.3 Å². The Morgan fingerprint density at radius 1 is 1.71 bits per heavy atom. The first-order chi connectivity index (χ1) is 6.70. The summed E-state index contributed by atoms with van der Waals surface area (Å²) in [5, 5.41) is 3.19. The maximum atomic E-state index is 10.5. The Labute approximate surface area is 83.5 Å². The van der Waals surface area contributed by atoms with Gasteiger partial charge in [-0.3, -0.25) is 9.78 Å². The Hall–Kier alpha value is -1.42. The summed E-state index contributed by atoms with van der Waals surface area (Å²) in [5.41, 5.74) is 6.13. The Balaban J connectivity index is 2.36. The number of aromatic nitrogens is 1. The molecule has 0 aliphatic carbocycles. The molecule has 0 saturated heterocycles. The van der Waals surface area contributed by atoms with E-state index >= 15 is 0 Å². The lowest BCUT2D eigenvalue weighted by molar-refractivity contribution is -0.117. The molecule has 1 aromatic rings. The van der Waals surface area contributed by atoms with Gasteiger partial charge < -0.3 is 11.1 Å². The van der Waals surface area contributed by atoms with Crippen molar-refractivity contribution in [1.29, 1.82) is 0 Å². The molecule has 0 fully saturated rings. The molecule has 0 radical (unpaired) electrons. The number of primary amides is 1. The van der Waals surface area contributed by atoms with Crippen LogP contribution in [0.1, 0.15) is 24.9 Å². The number of nitrogens with zero attached hydrogens (tertiary/aromatic N) is 1. The van der Waals surface area contributed by atoms with E-state index in [1.54, 1.807) is 6.20 Å². The van der Waals surface area contributed by atoms with Crippen LogP contribution in [0, 0.1) is 0 Å². The van der Waals surface area contributed by atoms with Crippen LogP contribution in [0.3, 0.4) is 0 Å². The van der Waals surface area contributed by atoms with Crippen LogP contribution in [0.25, 0.3) is 0 Å². The van der Waals surface area contributed by atoms with Gasteiger partial charge in [0.05, 0.1) is 0 Å². The van der Waals surface area contributed by atoms with Crippen LogP contribution in [-0.2, 0) is 4.79 Å². The standard InChI is InChI=1S/C10H15N3O/c1-8(13-6-4-10(11)14)9-3-2-5-12-7-9/h2-3,5,7-8,13H,4,6H2,1H3,(H2,11,14)/t8-/m1/s1. The molecular formula is C10H15N3O. The topological polar surface area (TPSA) is 68.0 Å². The van der Waals surface area contributed by atoms with Crippen molar-refractivity contribution in [3.8, 4) is 0 Å². The van der Waals surface area contributed by atoms with Gasteiger partial charge in [0.15, 0.2) is 0 Å². The van der Waals surface area contributed by atoms with Crippen LogP contribution in [-0.4, -0.2) is 17.4 Å². The highest BCUT2D eigenvalue weighted by atomic mass is 16.1. The lowest BCUT2D eigenvalue weighted by Gasteiger charge is -2.12. The van der Waals surface area contributed by atoms with Gasteiger partial charge in [-0.1, -0.05) is 6.07 Å². The first-order valence-corrected chi connectivity index (χ1v) is 4.62. The number of nitrogens with two attached hydrogens (primary N) is 1. The van der Waals surface area contributed by atoms with E-state index in [4.69, 9.17) is 5.73 Å². The first-order valence-electron chi connectivity index (χ1n) is 4.62. The predicted octanol–water partition coefficient (Wildman–Crippen LogP) is 0.608. The van der Waals surface area contributed by atoms with Gasteiger partial charge in [0.25, 0.3) is 0 Å². The fourth-order valence-corrected chi connectivity index (χ4v) is 1.16. The molecule has 4 nitrogen and oxygen atoms in total. The molecule has 0 saturated carbocycles. The Morgan fingerprint density at radius 3 is 3.07 bits per heavy atom. The van der Waals surface area contributed by atoms with Crippen LogP contribution < -0.4 is 11.1 Å². The zero-order valence-electron chi connectivity index (χ0n) is 8.23. The fourth-order valence-electron chi connectivity index (χ4n) is 1.16. The molecule has 0 aromatic carbocycles. The van der Waals surface area contributed by atoms with Crippen LogP contribution in [0.15, 0.2) is 24.5 Å². The molecule has 1 heterocycles. The summed E-state index contributed by atoms with van der Waals surface area (Å²) in [6.45, 7) is 2.63. The van der Waals surface area contributed by atoms with Gasteiger partial charge in [-0.2, -0.15) is 0 Å². The summed E-state index contributed by atoms with van der Waals surface area (Å²) in [5.74, 6) is -0.282. The first kappa shape index (κ1) is 10.7. The molecule has 0 bridgehead atoms. The fraction of sp³-hybridized carbons (Fsp3) is 0.400. The van der Waals surface area contributed by atoms with Crippen LogP contribution in [0.5, 0.6) is 0 Å². The molecule has 0 unspecified atom stereocenters. The summed E-state index contributed by atoms with van der Waals surface area (Å²) in [4.78, 5) is 14.5. The SMILES string of the molecule is C[C@@H](NCCC(N)=O)c1cccnc1. The molecule has 1 atom stereocenters. The molecule has 1 amide bonds. The molecule has 0 aliphatic rings. The second kappa shape index (κ2) is 5.34. The van der Waals surface area contributed by atoms with Crippen molar-refractivity contribution in [3.05, 3.63) is 30.1 Å². The minimum Gasteiger partial charge on any atom is -0.370 e. The van der Waals surface area contributed by atoms with E-state index < -0.39 is 0 Å². The minimum atomic E-state index is -0.282. The Morgan fingerprint density at radius 2 is 2.50 bits per heavy atom. The smallest absolute Gasteiger partial charge is 0.218 e. The lowest BCUT2D eigenvalue weighted by Crippen LogP contribution is -2.24. The van der Waals surface area contributed by atoms with Gasteiger partial charge in [-0.15, -0.1) is 0 Å². The molecular weight excluding hydrogens is 178 g/mol. The average molecular weight is 193 g/mol. The van der Waals surface area contributed by atoms with Crippen LogP contribution in [0.4, 0.5) is 0 Å². The summed E-state index contributed by atoms with van der Waals surface area (Å²) in [7, 11) is 0. The van der Waals surface area contributed by atoms with Crippen LogP contribution >= 0.6 is 0 Å². The van der Waals surface area contributed by atoms with E-state index in [-0.39, 0.29) is 11.9 Å². The van der Waals surface area contributed by atoms with E-state index in [9.17, 15) is 4.79 Å². The third kappa shape index (κ3) is 3.53. The number of hydrogen-bond acceptors (Lipinski definition) is 3.